The van der Waals surface area contributed by atoms with Crippen LogP contribution in [0.25, 0.3) is 0 Å². The number of carbonyl (C=O) groups is 1. The van der Waals surface area contributed by atoms with E-state index >= 15 is 0 Å². The molecule has 3 N–H and O–H groups in total. The van der Waals surface area contributed by atoms with Crippen molar-refractivity contribution >= 4 is 15.9 Å². The van der Waals surface area contributed by atoms with Gasteiger partial charge in [0.15, 0.2) is 0 Å². The number of carbonyl (C=O) groups excluding carboxylic acids is 1. The monoisotopic (exact) mass is 397 g/mol. The molecule has 2 fully saturated rings. The minimum atomic E-state index is -3.49. The minimum Gasteiger partial charge on any atom is -0.391 e. The number of benzene rings is 1. The molecule has 0 spiro atoms. The average molecular weight is 397 g/mol. The van der Waals surface area contributed by atoms with Gasteiger partial charge in [0.05, 0.1) is 24.2 Å². The van der Waals surface area contributed by atoms with Crippen LogP contribution in [0.4, 0.5) is 0 Å². The molecule has 1 aromatic carbocycles. The van der Waals surface area contributed by atoms with Gasteiger partial charge in [-0.3, -0.25) is 4.79 Å². The number of ether oxygens (including phenoxy) is 1. The zero-order chi connectivity index (χ0) is 19.3. The summed E-state index contributed by atoms with van der Waals surface area (Å²) in [5.74, 6) is -0.0160. The number of hydrogen-bond donors (Lipinski definition) is 3. The third-order valence-electron chi connectivity index (χ3n) is 5.04. The van der Waals surface area contributed by atoms with Crippen LogP contribution >= 0.6 is 0 Å². The summed E-state index contributed by atoms with van der Waals surface area (Å²) >= 11 is 0. The van der Waals surface area contributed by atoms with Crippen LogP contribution in [0.5, 0.6) is 0 Å². The molecule has 3 rings (SSSR count). The summed E-state index contributed by atoms with van der Waals surface area (Å²) in [6.45, 7) is 3.32. The van der Waals surface area contributed by atoms with Gasteiger partial charge in [-0.25, -0.2) is 8.42 Å². The molecule has 0 bridgehead atoms. The second kappa shape index (κ2) is 9.11. The third-order valence-corrected chi connectivity index (χ3v) is 6.95. The summed E-state index contributed by atoms with van der Waals surface area (Å²) in [7, 11) is -3.49. The molecular weight excluding hydrogens is 370 g/mol. The molecule has 9 heteroatoms. The topological polar surface area (TPSA) is 108 Å². The van der Waals surface area contributed by atoms with Gasteiger partial charge in [-0.05, 0) is 24.1 Å². The molecular formula is C18H27N3O5S. The number of hydrogen-bond acceptors (Lipinski definition) is 6. The van der Waals surface area contributed by atoms with E-state index in [0.29, 0.717) is 58.8 Å². The van der Waals surface area contributed by atoms with E-state index in [-0.39, 0.29) is 16.7 Å². The van der Waals surface area contributed by atoms with E-state index in [4.69, 9.17) is 4.74 Å². The van der Waals surface area contributed by atoms with Gasteiger partial charge in [-0.15, -0.1) is 0 Å². The van der Waals surface area contributed by atoms with Crippen molar-refractivity contribution in [1.29, 1.82) is 0 Å². The fourth-order valence-corrected chi connectivity index (χ4v) is 4.69. The smallest absolute Gasteiger partial charge is 0.243 e. The molecule has 2 atom stereocenters. The molecule has 2 aliphatic rings. The first kappa shape index (κ1) is 20.2. The second-order valence-corrected chi connectivity index (χ2v) is 8.89. The molecule has 27 heavy (non-hydrogen) atoms. The van der Waals surface area contributed by atoms with Crippen molar-refractivity contribution < 1.29 is 23.1 Å². The molecule has 2 aliphatic heterocycles. The van der Waals surface area contributed by atoms with Crippen molar-refractivity contribution in [3.05, 3.63) is 29.8 Å². The van der Waals surface area contributed by atoms with Gasteiger partial charge in [-0.2, -0.15) is 4.31 Å². The summed E-state index contributed by atoms with van der Waals surface area (Å²) < 4.78 is 31.8. The number of aliphatic hydroxyl groups is 1. The van der Waals surface area contributed by atoms with E-state index in [1.807, 2.05) is 0 Å². The fourth-order valence-electron chi connectivity index (χ4n) is 3.28. The normalized spacial score (nSPS) is 24.0. The Kier molecular flexibility index (Phi) is 6.83. The Bertz CT molecular complexity index is 732. The SMILES string of the molecule is O=C(CCc1ccc(S(=O)(=O)N2CCOCC2)cc1)NCC1CNCC1O. The van der Waals surface area contributed by atoms with Gasteiger partial charge in [0.1, 0.15) is 0 Å². The van der Waals surface area contributed by atoms with Crippen LogP contribution in [-0.4, -0.2) is 75.8 Å². The van der Waals surface area contributed by atoms with Crippen molar-refractivity contribution in [1.82, 2.24) is 14.9 Å². The van der Waals surface area contributed by atoms with Crippen LogP contribution in [0.3, 0.4) is 0 Å². The molecule has 0 radical (unpaired) electrons. The van der Waals surface area contributed by atoms with Crippen LogP contribution in [0, 0.1) is 5.92 Å². The number of sulfonamides is 1. The quantitative estimate of drug-likeness (QED) is 0.564. The number of aliphatic hydroxyl groups excluding tert-OH is 1. The standard InChI is InChI=1S/C18H27N3O5S/c22-17-13-19-11-15(17)12-20-18(23)6-3-14-1-4-16(5-2-14)27(24,25)21-7-9-26-10-8-21/h1-2,4-5,15,17,19,22H,3,6-13H2,(H,20,23). The maximum absolute atomic E-state index is 12.6. The number of morpholine rings is 1. The summed E-state index contributed by atoms with van der Waals surface area (Å²) in [4.78, 5) is 12.2. The number of β-amino-alcohol motifs (C(OH)–C–C–N with tert-alkyl or cyclic N) is 1. The van der Waals surface area contributed by atoms with Gasteiger partial charge in [0.25, 0.3) is 0 Å². The van der Waals surface area contributed by atoms with Gasteiger partial charge in [-0.1, -0.05) is 12.1 Å². The van der Waals surface area contributed by atoms with Crippen LogP contribution in [0.2, 0.25) is 0 Å². The first-order valence-electron chi connectivity index (χ1n) is 9.29. The lowest BCUT2D eigenvalue weighted by Crippen LogP contribution is -2.40. The Morgan fingerprint density at radius 1 is 1.22 bits per heavy atom. The van der Waals surface area contributed by atoms with E-state index < -0.39 is 16.1 Å². The molecule has 0 aromatic heterocycles. The first-order valence-corrected chi connectivity index (χ1v) is 10.7. The molecule has 1 aromatic rings. The highest BCUT2D eigenvalue weighted by molar-refractivity contribution is 7.89. The highest BCUT2D eigenvalue weighted by atomic mass is 32.2. The predicted octanol–water partition coefficient (Wildman–Crippen LogP) is -0.663. The number of nitrogens with zero attached hydrogens (tertiary/aromatic N) is 1. The minimum absolute atomic E-state index is 0.0543. The van der Waals surface area contributed by atoms with Crippen LogP contribution in [0.15, 0.2) is 29.2 Å². The predicted molar refractivity (Wildman–Crippen MR) is 99.7 cm³/mol. The fraction of sp³-hybridized carbons (Fsp3) is 0.611. The van der Waals surface area contributed by atoms with Gasteiger partial charge >= 0.3 is 0 Å². The van der Waals surface area contributed by atoms with Crippen molar-refractivity contribution in [3.63, 3.8) is 0 Å². The van der Waals surface area contributed by atoms with Gasteiger partial charge in [0.2, 0.25) is 15.9 Å². The Morgan fingerprint density at radius 2 is 1.93 bits per heavy atom. The summed E-state index contributed by atoms with van der Waals surface area (Å²) in [5.41, 5.74) is 0.911. The summed E-state index contributed by atoms with van der Waals surface area (Å²) in [5, 5.41) is 15.7. The van der Waals surface area contributed by atoms with Gasteiger partial charge < -0.3 is 20.5 Å². The van der Waals surface area contributed by atoms with E-state index in [1.165, 1.54) is 4.31 Å². The lowest BCUT2D eigenvalue weighted by atomic mass is 10.1. The highest BCUT2D eigenvalue weighted by Gasteiger charge is 2.26. The average Bonchev–Trinajstić information content (AvgIpc) is 3.10. The van der Waals surface area contributed by atoms with Crippen LogP contribution in [0.1, 0.15) is 12.0 Å². The van der Waals surface area contributed by atoms with Crippen LogP contribution < -0.4 is 10.6 Å². The molecule has 2 saturated heterocycles. The lowest BCUT2D eigenvalue weighted by molar-refractivity contribution is -0.121. The number of aryl methyl sites for hydroxylation is 1. The zero-order valence-corrected chi connectivity index (χ0v) is 16.1. The lowest BCUT2D eigenvalue weighted by Gasteiger charge is -2.26. The number of rotatable bonds is 7. The van der Waals surface area contributed by atoms with Crippen molar-refractivity contribution in [2.45, 2.75) is 23.8 Å². The van der Waals surface area contributed by atoms with Crippen molar-refractivity contribution in [2.75, 3.05) is 45.9 Å². The maximum Gasteiger partial charge on any atom is 0.243 e. The molecule has 2 heterocycles. The summed E-state index contributed by atoms with van der Waals surface area (Å²) in [6, 6.07) is 6.70. The Morgan fingerprint density at radius 3 is 2.56 bits per heavy atom. The summed E-state index contributed by atoms with van der Waals surface area (Å²) in [6.07, 6.45) is 0.451. The Balaban J connectivity index is 1.48. The molecule has 1 amide bonds. The van der Waals surface area contributed by atoms with Crippen LogP contribution in [-0.2, 0) is 26.0 Å². The first-order chi connectivity index (χ1) is 13.0. The van der Waals surface area contributed by atoms with E-state index in [9.17, 15) is 18.3 Å². The van der Waals surface area contributed by atoms with Crippen molar-refractivity contribution in [3.8, 4) is 0 Å². The third kappa shape index (κ3) is 5.26. The van der Waals surface area contributed by atoms with Crippen molar-refractivity contribution in [2.24, 2.45) is 5.92 Å². The molecule has 2 unspecified atom stereocenters. The van der Waals surface area contributed by atoms with E-state index in [2.05, 4.69) is 10.6 Å². The zero-order valence-electron chi connectivity index (χ0n) is 15.3. The largest absolute Gasteiger partial charge is 0.391 e. The molecule has 0 aliphatic carbocycles. The Labute approximate surface area is 159 Å². The molecule has 8 nitrogen and oxygen atoms in total. The van der Waals surface area contributed by atoms with E-state index in [1.54, 1.807) is 24.3 Å². The number of nitrogens with one attached hydrogen (secondary N) is 2. The number of amides is 1. The maximum atomic E-state index is 12.6. The molecule has 150 valence electrons. The van der Waals surface area contributed by atoms with Gasteiger partial charge in [0, 0.05) is 45.1 Å². The molecule has 0 saturated carbocycles. The van der Waals surface area contributed by atoms with E-state index in [0.717, 1.165) is 5.56 Å². The Hall–Kier alpha value is -1.52. The highest BCUT2D eigenvalue weighted by Crippen LogP contribution is 2.18. The second-order valence-electron chi connectivity index (χ2n) is 6.95.